The first-order chi connectivity index (χ1) is 46.9. The molecule has 0 bridgehead atoms. The normalized spacial score (nSPS) is 14.2. The second-order valence-electron chi connectivity index (χ2n) is 28.8. The van der Waals surface area contributed by atoms with Crippen molar-refractivity contribution in [3.05, 3.63) is 0 Å². The third-order valence-corrected chi connectivity index (χ3v) is 20.5. The van der Waals surface area contributed by atoms with Crippen molar-refractivity contribution in [2.24, 2.45) is 11.8 Å². The Balaban J connectivity index is 5.21. The Morgan fingerprint density at radius 2 is 0.526 bits per heavy atom. The fourth-order valence-corrected chi connectivity index (χ4v) is 13.6. The lowest BCUT2D eigenvalue weighted by Gasteiger charge is -2.21. The number of rotatable bonds is 77. The summed E-state index contributed by atoms with van der Waals surface area (Å²) in [5, 5.41) is 10.6. The van der Waals surface area contributed by atoms with Crippen LogP contribution in [0.4, 0.5) is 0 Å². The van der Waals surface area contributed by atoms with Crippen LogP contribution < -0.4 is 0 Å². The zero-order valence-electron chi connectivity index (χ0n) is 63.4. The number of hydrogen-bond donors (Lipinski definition) is 3. The molecule has 0 fully saturated rings. The van der Waals surface area contributed by atoms with Gasteiger partial charge in [0, 0.05) is 25.7 Å². The van der Waals surface area contributed by atoms with Crippen LogP contribution >= 0.6 is 15.6 Å². The van der Waals surface area contributed by atoms with E-state index < -0.39 is 97.5 Å². The Hall–Kier alpha value is -1.94. The van der Waals surface area contributed by atoms with Crippen molar-refractivity contribution in [3.63, 3.8) is 0 Å². The molecule has 0 aromatic carbocycles. The van der Waals surface area contributed by atoms with Crippen LogP contribution in [0.5, 0.6) is 0 Å². The van der Waals surface area contributed by atoms with Gasteiger partial charge in [-0.1, -0.05) is 356 Å². The Labute approximate surface area is 594 Å². The molecule has 0 aliphatic carbocycles. The maximum Gasteiger partial charge on any atom is 0.472 e. The molecule has 0 heterocycles. The second-order valence-corrected chi connectivity index (χ2v) is 31.7. The number of carbonyl (C=O) groups is 4. The van der Waals surface area contributed by atoms with E-state index in [4.69, 9.17) is 37.0 Å². The van der Waals surface area contributed by atoms with Crippen LogP contribution in [-0.4, -0.2) is 96.7 Å². The third kappa shape index (κ3) is 70.9. The van der Waals surface area contributed by atoms with Crippen molar-refractivity contribution in [2.75, 3.05) is 39.6 Å². The molecule has 3 unspecified atom stereocenters. The van der Waals surface area contributed by atoms with Crippen LogP contribution in [0.15, 0.2) is 0 Å². The summed E-state index contributed by atoms with van der Waals surface area (Å²) in [7, 11) is -9.91. The molecule has 0 aromatic rings. The number of phosphoric ester groups is 2. The highest BCUT2D eigenvalue weighted by Gasteiger charge is 2.30. The van der Waals surface area contributed by atoms with Crippen LogP contribution in [0, 0.1) is 11.8 Å². The number of aliphatic hydroxyl groups excluding tert-OH is 1. The number of phosphoric acid groups is 2. The van der Waals surface area contributed by atoms with E-state index >= 15 is 0 Å². The fraction of sp³-hybridized carbons (Fsp3) is 0.949. The van der Waals surface area contributed by atoms with E-state index in [1.165, 1.54) is 225 Å². The molecule has 97 heavy (non-hydrogen) atoms. The lowest BCUT2D eigenvalue weighted by Crippen LogP contribution is -2.30. The van der Waals surface area contributed by atoms with Crippen molar-refractivity contribution in [1.82, 2.24) is 0 Å². The fourth-order valence-electron chi connectivity index (χ4n) is 12.0. The summed E-state index contributed by atoms with van der Waals surface area (Å²) in [6, 6.07) is 0. The van der Waals surface area contributed by atoms with Crippen molar-refractivity contribution in [1.29, 1.82) is 0 Å². The first-order valence-corrected chi connectivity index (χ1v) is 43.5. The minimum atomic E-state index is -4.96. The Bertz CT molecular complexity index is 1870. The average molecular weight is 1420 g/mol. The molecule has 0 amide bonds. The molecule has 0 spiro atoms. The predicted octanol–water partition coefficient (Wildman–Crippen LogP) is 23.1. The van der Waals surface area contributed by atoms with Crippen molar-refractivity contribution >= 4 is 39.5 Å². The number of ether oxygens (including phenoxy) is 4. The third-order valence-electron chi connectivity index (χ3n) is 18.6. The first-order valence-electron chi connectivity index (χ1n) is 40.5. The first kappa shape index (κ1) is 95.1. The molecule has 0 saturated heterocycles. The summed E-state index contributed by atoms with van der Waals surface area (Å²) in [6.45, 7) is 9.68. The maximum absolute atomic E-state index is 13.1. The van der Waals surface area contributed by atoms with Crippen LogP contribution in [0.25, 0.3) is 0 Å². The van der Waals surface area contributed by atoms with Gasteiger partial charge in [-0.2, -0.15) is 0 Å². The van der Waals surface area contributed by atoms with E-state index in [2.05, 4.69) is 41.5 Å². The predicted molar refractivity (Wildman–Crippen MR) is 395 cm³/mol. The molecule has 0 saturated carbocycles. The summed E-state index contributed by atoms with van der Waals surface area (Å²) in [4.78, 5) is 72.8. The van der Waals surface area contributed by atoms with Gasteiger partial charge in [-0.25, -0.2) is 9.13 Å². The van der Waals surface area contributed by atoms with E-state index in [1.807, 2.05) is 0 Å². The largest absolute Gasteiger partial charge is 0.472 e. The van der Waals surface area contributed by atoms with E-state index in [1.54, 1.807) is 0 Å². The van der Waals surface area contributed by atoms with Gasteiger partial charge >= 0.3 is 39.5 Å². The summed E-state index contributed by atoms with van der Waals surface area (Å²) in [5.74, 6) is -0.454. The zero-order valence-corrected chi connectivity index (χ0v) is 65.2. The Morgan fingerprint density at radius 3 is 0.784 bits per heavy atom. The van der Waals surface area contributed by atoms with Gasteiger partial charge in [-0.05, 0) is 37.5 Å². The van der Waals surface area contributed by atoms with E-state index in [0.29, 0.717) is 25.7 Å². The molecule has 6 atom stereocenters. The number of carbonyl (C=O) groups excluding carboxylic acids is 4. The SMILES string of the molecule is CCCCCCCCCCCCC(=O)OC[C@H](COP(=O)(O)OC[C@H](O)COP(=O)(O)OC[C@@H](COC(=O)CCCCCCCCCCCCCCCCC(C)CC)OC(=O)CCCCCCCCCCCCCCCCCCC(C)C)OC(=O)CCCCCCCCCCCC. The van der Waals surface area contributed by atoms with Gasteiger partial charge in [-0.15, -0.1) is 0 Å². The number of aliphatic hydroxyl groups is 1. The lowest BCUT2D eigenvalue weighted by molar-refractivity contribution is -0.161. The zero-order chi connectivity index (χ0) is 71.4. The lowest BCUT2D eigenvalue weighted by atomic mass is 9.99. The highest BCUT2D eigenvalue weighted by atomic mass is 31.2. The minimum absolute atomic E-state index is 0.107. The van der Waals surface area contributed by atoms with E-state index in [0.717, 1.165) is 102 Å². The molecular weight excluding hydrogens is 1270 g/mol. The summed E-state index contributed by atoms with van der Waals surface area (Å²) in [6.07, 6.45) is 58.2. The van der Waals surface area contributed by atoms with Gasteiger partial charge in [0.25, 0.3) is 0 Å². The van der Waals surface area contributed by atoms with Gasteiger partial charge in [0.05, 0.1) is 26.4 Å². The van der Waals surface area contributed by atoms with Crippen LogP contribution in [0.2, 0.25) is 0 Å². The monoisotopic (exact) mass is 1420 g/mol. The smallest absolute Gasteiger partial charge is 0.462 e. The molecule has 19 heteroatoms. The Kier molecular flexibility index (Phi) is 68.4. The maximum atomic E-state index is 13.1. The standard InChI is InChI=1S/C78H152O17P2/c1-7-10-12-14-16-18-36-42-48-54-60-75(80)88-66-73(94-77(82)62-56-50-44-37-19-17-15-13-11-8-2)68-92-96(84,85)90-64-72(79)65-91-97(86,87)93-69-74(67-89-76(81)61-55-49-43-38-32-28-25-24-27-31-35-41-47-53-59-71(6)9-3)95-78(83)63-57-51-45-39-33-29-23-21-20-22-26-30-34-40-46-52-58-70(4)5/h70-74,79H,7-69H2,1-6H3,(H,84,85)(H,86,87)/t71?,72-,73+,74+/m0/s1. The molecule has 0 radical (unpaired) electrons. The summed E-state index contributed by atoms with van der Waals surface area (Å²) in [5.41, 5.74) is 0. The van der Waals surface area contributed by atoms with Crippen molar-refractivity contribution in [3.8, 4) is 0 Å². The summed E-state index contributed by atoms with van der Waals surface area (Å²) < 4.78 is 68.5. The van der Waals surface area contributed by atoms with Crippen LogP contribution in [0.3, 0.4) is 0 Å². The highest BCUT2D eigenvalue weighted by molar-refractivity contribution is 7.47. The van der Waals surface area contributed by atoms with Gasteiger partial charge in [0.15, 0.2) is 12.2 Å². The molecule has 576 valence electrons. The number of esters is 4. The average Bonchev–Trinajstić information content (AvgIpc) is 1.03. The Morgan fingerprint density at radius 1 is 0.299 bits per heavy atom. The number of hydrogen-bond acceptors (Lipinski definition) is 15. The van der Waals surface area contributed by atoms with E-state index in [9.17, 15) is 43.2 Å². The molecular formula is C78H152O17P2. The quantitative estimate of drug-likeness (QED) is 0.0222. The minimum Gasteiger partial charge on any atom is -0.462 e. The van der Waals surface area contributed by atoms with E-state index in [-0.39, 0.29) is 25.7 Å². The second kappa shape index (κ2) is 69.8. The van der Waals surface area contributed by atoms with Crippen LogP contribution in [-0.2, 0) is 65.4 Å². The molecule has 0 aromatic heterocycles. The van der Waals surface area contributed by atoms with Crippen molar-refractivity contribution in [2.45, 2.75) is 426 Å². The molecule has 0 aliphatic heterocycles. The molecule has 3 N–H and O–H groups in total. The number of unbranched alkanes of at least 4 members (excludes halogenated alkanes) is 46. The highest BCUT2D eigenvalue weighted by Crippen LogP contribution is 2.45. The molecule has 0 aliphatic rings. The van der Waals surface area contributed by atoms with Gasteiger partial charge in [-0.3, -0.25) is 37.3 Å². The van der Waals surface area contributed by atoms with Crippen molar-refractivity contribution < 1.29 is 80.2 Å². The van der Waals surface area contributed by atoms with Crippen LogP contribution in [0.1, 0.15) is 408 Å². The molecule has 17 nitrogen and oxygen atoms in total. The molecule has 0 rings (SSSR count). The topological polar surface area (TPSA) is 237 Å². The van der Waals surface area contributed by atoms with Gasteiger partial charge in [0.2, 0.25) is 0 Å². The van der Waals surface area contributed by atoms with Gasteiger partial charge < -0.3 is 33.8 Å². The van der Waals surface area contributed by atoms with Gasteiger partial charge in [0.1, 0.15) is 19.3 Å². The summed E-state index contributed by atoms with van der Waals surface area (Å²) >= 11 is 0.